The molecule has 0 saturated heterocycles. The summed E-state index contributed by atoms with van der Waals surface area (Å²) < 4.78 is 0. The molecule has 86 valence electrons. The van der Waals surface area contributed by atoms with E-state index in [9.17, 15) is 4.79 Å². The van der Waals surface area contributed by atoms with E-state index in [0.29, 0.717) is 11.8 Å². The molecule has 15 heavy (non-hydrogen) atoms. The number of carbonyl (C=O) groups is 1. The van der Waals surface area contributed by atoms with E-state index in [1.165, 1.54) is 44.9 Å². The molecule has 2 fully saturated rings. The largest absolute Gasteiger partial charge is 0.356 e. The lowest BCUT2D eigenvalue weighted by Crippen LogP contribution is -2.34. The maximum Gasteiger partial charge on any atom is 0.223 e. The Bertz CT molecular complexity index is 203. The minimum atomic E-state index is 0.333. The Kier molecular flexibility index (Phi) is 4.04. The number of rotatable bonds is 3. The molecule has 0 heterocycles. The van der Waals surface area contributed by atoms with Crippen LogP contribution in [0.1, 0.15) is 57.8 Å². The number of nitrogens with one attached hydrogen (secondary N) is 1. The lowest BCUT2D eigenvalue weighted by Gasteiger charge is -2.21. The number of carbonyl (C=O) groups excluding carboxylic acids is 1. The van der Waals surface area contributed by atoms with Crippen LogP contribution in [0.15, 0.2) is 0 Å². The van der Waals surface area contributed by atoms with E-state index in [0.717, 1.165) is 25.3 Å². The third kappa shape index (κ3) is 3.22. The van der Waals surface area contributed by atoms with Gasteiger partial charge in [-0.3, -0.25) is 4.79 Å². The van der Waals surface area contributed by atoms with Crippen LogP contribution >= 0.6 is 0 Å². The van der Waals surface area contributed by atoms with Gasteiger partial charge in [0.2, 0.25) is 5.91 Å². The zero-order chi connectivity index (χ0) is 10.5. The van der Waals surface area contributed by atoms with Gasteiger partial charge < -0.3 is 5.32 Å². The summed E-state index contributed by atoms with van der Waals surface area (Å²) in [5, 5.41) is 3.16. The summed E-state index contributed by atoms with van der Waals surface area (Å²) in [6.07, 6.45) is 11.5. The highest BCUT2D eigenvalue weighted by molar-refractivity contribution is 5.78. The molecule has 2 heteroatoms. The molecule has 0 atom stereocenters. The van der Waals surface area contributed by atoms with Crippen LogP contribution in [0.25, 0.3) is 0 Å². The van der Waals surface area contributed by atoms with Crippen LogP contribution in [-0.2, 0) is 4.79 Å². The van der Waals surface area contributed by atoms with Crippen molar-refractivity contribution in [3.63, 3.8) is 0 Å². The molecule has 1 N–H and O–H groups in total. The Labute approximate surface area is 92.8 Å². The van der Waals surface area contributed by atoms with E-state index in [1.807, 2.05) is 0 Å². The van der Waals surface area contributed by atoms with Crippen molar-refractivity contribution in [1.82, 2.24) is 5.32 Å². The molecule has 1 amide bonds. The molecule has 0 aromatic carbocycles. The number of amides is 1. The Morgan fingerprint density at radius 3 is 2.20 bits per heavy atom. The van der Waals surface area contributed by atoms with E-state index in [2.05, 4.69) is 5.32 Å². The molecule has 0 aromatic heterocycles. The maximum atomic E-state index is 11.8. The third-order valence-corrected chi connectivity index (χ3v) is 4.02. The average Bonchev–Trinajstić information content (AvgIpc) is 2.80. The van der Waals surface area contributed by atoms with Crippen molar-refractivity contribution in [1.29, 1.82) is 0 Å². The topological polar surface area (TPSA) is 29.1 Å². The molecule has 2 saturated carbocycles. The van der Waals surface area contributed by atoms with Crippen LogP contribution in [0.3, 0.4) is 0 Å². The van der Waals surface area contributed by atoms with Gasteiger partial charge >= 0.3 is 0 Å². The smallest absolute Gasteiger partial charge is 0.223 e. The molecule has 0 aliphatic heterocycles. The van der Waals surface area contributed by atoms with Gasteiger partial charge in [0.25, 0.3) is 0 Å². The van der Waals surface area contributed by atoms with E-state index in [1.54, 1.807) is 0 Å². The standard InChI is InChI=1S/C13H23NO/c15-13(12-8-2-1-3-9-12)14-10-11-6-4-5-7-11/h11-12H,1-10H2,(H,14,15). The van der Waals surface area contributed by atoms with Gasteiger partial charge in [-0.1, -0.05) is 32.1 Å². The van der Waals surface area contributed by atoms with Crippen LogP contribution in [0, 0.1) is 11.8 Å². The van der Waals surface area contributed by atoms with Gasteiger partial charge in [0.05, 0.1) is 0 Å². The van der Waals surface area contributed by atoms with E-state index >= 15 is 0 Å². The second kappa shape index (κ2) is 5.53. The first kappa shape index (κ1) is 11.0. The highest BCUT2D eigenvalue weighted by atomic mass is 16.1. The SMILES string of the molecule is O=C(NCC1CCCC1)C1CCCCC1. The second-order valence-electron chi connectivity index (χ2n) is 5.23. The highest BCUT2D eigenvalue weighted by Crippen LogP contribution is 2.25. The Morgan fingerprint density at radius 2 is 1.53 bits per heavy atom. The molecule has 2 aliphatic rings. The predicted molar refractivity (Wildman–Crippen MR) is 61.5 cm³/mol. The van der Waals surface area contributed by atoms with Gasteiger partial charge in [-0.25, -0.2) is 0 Å². The molecule has 0 spiro atoms. The summed E-state index contributed by atoms with van der Waals surface area (Å²) in [6.45, 7) is 0.940. The first-order valence-corrected chi connectivity index (χ1v) is 6.64. The van der Waals surface area contributed by atoms with E-state index in [-0.39, 0.29) is 0 Å². The number of hydrogen-bond donors (Lipinski definition) is 1. The first-order chi connectivity index (χ1) is 7.36. The van der Waals surface area contributed by atoms with Crippen LogP contribution in [0.2, 0.25) is 0 Å². The lowest BCUT2D eigenvalue weighted by atomic mass is 9.88. The molecule has 0 unspecified atom stereocenters. The van der Waals surface area contributed by atoms with Gasteiger partial charge in [0, 0.05) is 12.5 Å². The van der Waals surface area contributed by atoms with Crippen LogP contribution in [0.5, 0.6) is 0 Å². The van der Waals surface area contributed by atoms with Crippen molar-refractivity contribution >= 4 is 5.91 Å². The van der Waals surface area contributed by atoms with Gasteiger partial charge in [-0.2, -0.15) is 0 Å². The van der Waals surface area contributed by atoms with Crippen molar-refractivity contribution in [3.05, 3.63) is 0 Å². The molecular weight excluding hydrogens is 186 g/mol. The summed E-state index contributed by atoms with van der Waals surface area (Å²) in [5.74, 6) is 1.44. The zero-order valence-corrected chi connectivity index (χ0v) is 9.63. The monoisotopic (exact) mass is 209 g/mol. The summed E-state index contributed by atoms with van der Waals surface area (Å²) in [6, 6.07) is 0. The zero-order valence-electron chi connectivity index (χ0n) is 9.63. The van der Waals surface area contributed by atoms with E-state index < -0.39 is 0 Å². The van der Waals surface area contributed by atoms with Crippen LogP contribution in [0.4, 0.5) is 0 Å². The molecule has 0 bridgehead atoms. The van der Waals surface area contributed by atoms with Crippen molar-refractivity contribution in [2.45, 2.75) is 57.8 Å². The third-order valence-electron chi connectivity index (χ3n) is 4.02. The first-order valence-electron chi connectivity index (χ1n) is 6.64. The van der Waals surface area contributed by atoms with Crippen LogP contribution < -0.4 is 5.32 Å². The molecule has 0 radical (unpaired) electrons. The van der Waals surface area contributed by atoms with Crippen molar-refractivity contribution in [2.24, 2.45) is 11.8 Å². The summed E-state index contributed by atoms with van der Waals surface area (Å²) in [7, 11) is 0. The Hall–Kier alpha value is -0.530. The fourth-order valence-electron chi connectivity index (χ4n) is 2.97. The number of hydrogen-bond acceptors (Lipinski definition) is 1. The fourth-order valence-corrected chi connectivity index (χ4v) is 2.97. The van der Waals surface area contributed by atoms with Crippen molar-refractivity contribution < 1.29 is 4.79 Å². The lowest BCUT2D eigenvalue weighted by molar-refractivity contribution is -0.126. The van der Waals surface area contributed by atoms with Crippen LogP contribution in [-0.4, -0.2) is 12.5 Å². The quantitative estimate of drug-likeness (QED) is 0.761. The van der Waals surface area contributed by atoms with Gasteiger partial charge in [0.15, 0.2) is 0 Å². The molecule has 2 nitrogen and oxygen atoms in total. The maximum absolute atomic E-state index is 11.8. The summed E-state index contributed by atoms with van der Waals surface area (Å²) in [4.78, 5) is 11.8. The normalized spacial score (nSPS) is 24.3. The fraction of sp³-hybridized carbons (Fsp3) is 0.923. The minimum absolute atomic E-state index is 0.333. The second-order valence-corrected chi connectivity index (χ2v) is 5.23. The van der Waals surface area contributed by atoms with Gasteiger partial charge in [-0.15, -0.1) is 0 Å². The van der Waals surface area contributed by atoms with Crippen molar-refractivity contribution in [2.75, 3.05) is 6.54 Å². The van der Waals surface area contributed by atoms with E-state index in [4.69, 9.17) is 0 Å². The molecule has 2 aliphatic carbocycles. The molecule has 2 rings (SSSR count). The Balaban J connectivity index is 1.66. The van der Waals surface area contributed by atoms with Gasteiger partial charge in [-0.05, 0) is 31.6 Å². The summed E-state index contributed by atoms with van der Waals surface area (Å²) in [5.41, 5.74) is 0. The molecular formula is C13H23NO. The minimum Gasteiger partial charge on any atom is -0.356 e. The predicted octanol–water partition coefficient (Wildman–Crippen LogP) is 2.87. The Morgan fingerprint density at radius 1 is 0.933 bits per heavy atom. The summed E-state index contributed by atoms with van der Waals surface area (Å²) >= 11 is 0. The van der Waals surface area contributed by atoms with Crippen molar-refractivity contribution in [3.8, 4) is 0 Å². The molecule has 0 aromatic rings. The highest BCUT2D eigenvalue weighted by Gasteiger charge is 2.22. The van der Waals surface area contributed by atoms with Gasteiger partial charge in [0.1, 0.15) is 0 Å². The average molecular weight is 209 g/mol.